The molecule has 1 heterocycles. The highest BCUT2D eigenvalue weighted by Crippen LogP contribution is 2.20. The van der Waals surface area contributed by atoms with E-state index in [0.29, 0.717) is 6.04 Å². The first kappa shape index (κ1) is 13.9. The molecule has 1 aromatic rings. The van der Waals surface area contributed by atoms with Crippen molar-refractivity contribution < 1.29 is 0 Å². The summed E-state index contributed by atoms with van der Waals surface area (Å²) in [5.41, 5.74) is 0. The summed E-state index contributed by atoms with van der Waals surface area (Å²) in [6.45, 7) is 7.61. The second-order valence-corrected chi connectivity index (χ2v) is 5.60. The molecule has 0 aliphatic rings. The van der Waals surface area contributed by atoms with Gasteiger partial charge < -0.3 is 4.90 Å². The van der Waals surface area contributed by atoms with Gasteiger partial charge in [-0.05, 0) is 26.7 Å². The fourth-order valence-electron chi connectivity index (χ4n) is 1.49. The van der Waals surface area contributed by atoms with Crippen molar-refractivity contribution in [2.45, 2.75) is 46.1 Å². The SMILES string of the molecule is CCCc1nsc(N(CCCBr)C(C)C)n1. The van der Waals surface area contributed by atoms with Crippen LogP contribution < -0.4 is 4.90 Å². The van der Waals surface area contributed by atoms with E-state index in [0.717, 1.165) is 42.1 Å². The van der Waals surface area contributed by atoms with E-state index in [4.69, 9.17) is 0 Å². The molecule has 0 atom stereocenters. The Morgan fingerprint density at radius 3 is 2.75 bits per heavy atom. The number of anilines is 1. The summed E-state index contributed by atoms with van der Waals surface area (Å²) in [7, 11) is 0. The second kappa shape index (κ2) is 7.22. The van der Waals surface area contributed by atoms with Crippen LogP contribution in [0.2, 0.25) is 0 Å². The Morgan fingerprint density at radius 1 is 1.44 bits per heavy atom. The molecule has 5 heteroatoms. The number of aryl methyl sites for hydroxylation is 1. The predicted molar refractivity (Wildman–Crippen MR) is 74.8 cm³/mol. The Balaban J connectivity index is 2.68. The van der Waals surface area contributed by atoms with Crippen molar-refractivity contribution >= 4 is 32.6 Å². The Morgan fingerprint density at radius 2 is 2.19 bits per heavy atom. The van der Waals surface area contributed by atoms with Crippen molar-refractivity contribution in [3.63, 3.8) is 0 Å². The average Bonchev–Trinajstić information content (AvgIpc) is 2.67. The molecule has 0 radical (unpaired) electrons. The highest BCUT2D eigenvalue weighted by Gasteiger charge is 2.14. The van der Waals surface area contributed by atoms with Crippen molar-refractivity contribution in [2.75, 3.05) is 16.8 Å². The first-order valence-corrected chi connectivity index (χ1v) is 7.73. The monoisotopic (exact) mass is 305 g/mol. The molecule has 1 rings (SSSR count). The van der Waals surface area contributed by atoms with Gasteiger partial charge >= 0.3 is 0 Å². The zero-order valence-electron chi connectivity index (χ0n) is 10.2. The summed E-state index contributed by atoms with van der Waals surface area (Å²) in [5.74, 6) is 0.993. The van der Waals surface area contributed by atoms with Gasteiger partial charge in [-0.3, -0.25) is 0 Å². The molecule has 92 valence electrons. The van der Waals surface area contributed by atoms with Crippen LogP contribution in [0.5, 0.6) is 0 Å². The lowest BCUT2D eigenvalue weighted by atomic mass is 10.3. The average molecular weight is 306 g/mol. The quantitative estimate of drug-likeness (QED) is 0.722. The molecule has 0 amide bonds. The lowest BCUT2D eigenvalue weighted by Crippen LogP contribution is -2.31. The standard InChI is InChI=1S/C11H20BrN3S/c1-4-6-10-13-11(16-14-10)15(9(2)3)8-5-7-12/h9H,4-8H2,1-3H3. The largest absolute Gasteiger partial charge is 0.344 e. The van der Waals surface area contributed by atoms with E-state index in [9.17, 15) is 0 Å². The molecule has 0 aliphatic carbocycles. The third-order valence-corrected chi connectivity index (χ3v) is 3.68. The molecule has 0 unspecified atom stereocenters. The first-order valence-electron chi connectivity index (χ1n) is 5.84. The van der Waals surface area contributed by atoms with Crippen LogP contribution in [0.25, 0.3) is 0 Å². The number of alkyl halides is 1. The van der Waals surface area contributed by atoms with Crippen molar-refractivity contribution in [3.05, 3.63) is 5.82 Å². The van der Waals surface area contributed by atoms with E-state index in [1.54, 1.807) is 0 Å². The Labute approximate surface area is 111 Å². The van der Waals surface area contributed by atoms with Crippen molar-refractivity contribution in [2.24, 2.45) is 0 Å². The summed E-state index contributed by atoms with van der Waals surface area (Å²) >= 11 is 5.00. The molecule has 0 spiro atoms. The Kier molecular flexibility index (Phi) is 6.28. The summed E-state index contributed by atoms with van der Waals surface area (Å²) in [6.07, 6.45) is 3.24. The van der Waals surface area contributed by atoms with Gasteiger partial charge in [0, 0.05) is 35.9 Å². The zero-order chi connectivity index (χ0) is 12.0. The van der Waals surface area contributed by atoms with E-state index < -0.39 is 0 Å². The molecule has 0 N–H and O–H groups in total. The van der Waals surface area contributed by atoms with Gasteiger partial charge in [-0.2, -0.15) is 4.37 Å². The van der Waals surface area contributed by atoms with Crippen LogP contribution in [0.4, 0.5) is 5.13 Å². The summed E-state index contributed by atoms with van der Waals surface area (Å²) < 4.78 is 4.39. The molecule has 0 bridgehead atoms. The number of hydrogen-bond acceptors (Lipinski definition) is 4. The summed E-state index contributed by atoms with van der Waals surface area (Å²) in [5, 5.41) is 2.11. The van der Waals surface area contributed by atoms with E-state index in [1.165, 1.54) is 11.5 Å². The van der Waals surface area contributed by atoms with E-state index in [-0.39, 0.29) is 0 Å². The van der Waals surface area contributed by atoms with Crippen molar-refractivity contribution in [3.8, 4) is 0 Å². The zero-order valence-corrected chi connectivity index (χ0v) is 12.6. The van der Waals surface area contributed by atoms with Crippen LogP contribution in [0, 0.1) is 0 Å². The minimum atomic E-state index is 0.487. The molecule has 3 nitrogen and oxygen atoms in total. The number of halogens is 1. The fourth-order valence-corrected chi connectivity index (χ4v) is 2.61. The predicted octanol–water partition coefficient (Wildman–Crippen LogP) is 3.49. The van der Waals surface area contributed by atoms with Crippen LogP contribution in [-0.2, 0) is 6.42 Å². The minimum absolute atomic E-state index is 0.487. The molecule has 0 aromatic carbocycles. The van der Waals surface area contributed by atoms with Crippen molar-refractivity contribution in [1.29, 1.82) is 0 Å². The lowest BCUT2D eigenvalue weighted by molar-refractivity contribution is 0.670. The van der Waals surface area contributed by atoms with E-state index in [1.807, 2.05) is 0 Å². The third-order valence-electron chi connectivity index (χ3n) is 2.33. The molecular formula is C11H20BrN3S. The van der Waals surface area contributed by atoms with Gasteiger partial charge in [0.2, 0.25) is 5.13 Å². The number of aromatic nitrogens is 2. The van der Waals surface area contributed by atoms with Gasteiger partial charge in [-0.1, -0.05) is 22.9 Å². The molecule has 0 aliphatic heterocycles. The van der Waals surface area contributed by atoms with Crippen molar-refractivity contribution in [1.82, 2.24) is 9.36 Å². The van der Waals surface area contributed by atoms with Crippen LogP contribution in [0.3, 0.4) is 0 Å². The molecule has 1 aromatic heterocycles. The Hall–Kier alpha value is -0.160. The van der Waals surface area contributed by atoms with Crippen LogP contribution in [-0.4, -0.2) is 27.3 Å². The van der Waals surface area contributed by atoms with Gasteiger partial charge in [0.05, 0.1) is 0 Å². The molecule has 0 saturated heterocycles. The lowest BCUT2D eigenvalue weighted by Gasteiger charge is -2.25. The second-order valence-electron chi connectivity index (χ2n) is 4.07. The highest BCUT2D eigenvalue weighted by molar-refractivity contribution is 9.09. The van der Waals surface area contributed by atoms with E-state index >= 15 is 0 Å². The molecular weight excluding hydrogens is 286 g/mol. The van der Waals surface area contributed by atoms with Gasteiger partial charge in [0.25, 0.3) is 0 Å². The minimum Gasteiger partial charge on any atom is -0.344 e. The summed E-state index contributed by atoms with van der Waals surface area (Å²) in [6, 6.07) is 0.487. The van der Waals surface area contributed by atoms with Crippen LogP contribution >= 0.6 is 27.5 Å². The molecule has 16 heavy (non-hydrogen) atoms. The topological polar surface area (TPSA) is 29.0 Å². The third kappa shape index (κ3) is 4.01. The fraction of sp³-hybridized carbons (Fsp3) is 0.818. The first-order chi connectivity index (χ1) is 7.69. The van der Waals surface area contributed by atoms with E-state index in [2.05, 4.69) is 51.0 Å². The number of rotatable bonds is 7. The normalized spacial score (nSPS) is 11.1. The van der Waals surface area contributed by atoms with Crippen LogP contribution in [0.1, 0.15) is 39.4 Å². The maximum atomic E-state index is 4.59. The van der Waals surface area contributed by atoms with Gasteiger partial charge in [0.15, 0.2) is 0 Å². The Bertz CT molecular complexity index is 301. The van der Waals surface area contributed by atoms with Gasteiger partial charge in [-0.15, -0.1) is 0 Å². The van der Waals surface area contributed by atoms with Gasteiger partial charge in [-0.25, -0.2) is 4.98 Å². The number of nitrogens with zero attached hydrogens (tertiary/aromatic N) is 3. The molecule has 0 saturated carbocycles. The maximum Gasteiger partial charge on any atom is 0.205 e. The van der Waals surface area contributed by atoms with Gasteiger partial charge in [0.1, 0.15) is 5.82 Å². The highest BCUT2D eigenvalue weighted by atomic mass is 79.9. The smallest absolute Gasteiger partial charge is 0.205 e. The number of hydrogen-bond donors (Lipinski definition) is 0. The maximum absolute atomic E-state index is 4.59. The summed E-state index contributed by atoms with van der Waals surface area (Å²) in [4.78, 5) is 6.92. The molecule has 0 fully saturated rings. The van der Waals surface area contributed by atoms with Crippen LogP contribution in [0.15, 0.2) is 0 Å².